The fourth-order valence-electron chi connectivity index (χ4n) is 0.636. The van der Waals surface area contributed by atoms with Crippen LogP contribution in [0.5, 0.6) is 0 Å². The topological polar surface area (TPSA) is 0 Å². The van der Waals surface area contributed by atoms with Crippen molar-refractivity contribution in [2.75, 3.05) is 0 Å². The molecule has 0 aliphatic heterocycles. The van der Waals surface area contributed by atoms with Crippen LogP contribution in [-0.4, -0.2) is 0 Å². The summed E-state index contributed by atoms with van der Waals surface area (Å²) in [5.41, 5.74) is 0.797. The molecule has 3 heteroatoms. The number of thiol groups is 1. The van der Waals surface area contributed by atoms with Gasteiger partial charge in [-0.05, 0) is 18.6 Å². The van der Waals surface area contributed by atoms with Gasteiger partial charge in [-0.3, -0.25) is 0 Å². The maximum absolute atomic E-state index is 12.8. The molecule has 0 bridgehead atoms. The van der Waals surface area contributed by atoms with E-state index in [-0.39, 0.29) is 5.02 Å². The molecular formula is C7H6ClFS. The smallest absolute Gasteiger partial charge is 0.155 e. The highest BCUT2D eigenvalue weighted by molar-refractivity contribution is 7.80. The average Bonchev–Trinajstić information content (AvgIpc) is 1.93. The second kappa shape index (κ2) is 2.81. The van der Waals surface area contributed by atoms with Gasteiger partial charge in [0.25, 0.3) is 0 Å². The Morgan fingerprint density at radius 1 is 1.50 bits per heavy atom. The molecule has 10 heavy (non-hydrogen) atoms. The van der Waals surface area contributed by atoms with Crippen molar-refractivity contribution in [1.29, 1.82) is 0 Å². The zero-order valence-electron chi connectivity index (χ0n) is 5.36. The summed E-state index contributed by atoms with van der Waals surface area (Å²) in [4.78, 5) is 0.326. The molecule has 0 nitrogen and oxygen atoms in total. The van der Waals surface area contributed by atoms with E-state index >= 15 is 0 Å². The molecule has 0 amide bonds. The molecule has 54 valence electrons. The standard InChI is InChI=1S/C7H6ClFS/c1-4-2-3-5(8)6(9)7(4)10/h2-3,10H,1H3. The normalized spacial score (nSPS) is 10.0. The van der Waals surface area contributed by atoms with Gasteiger partial charge in [0.05, 0.1) is 5.02 Å². The number of benzene rings is 1. The van der Waals surface area contributed by atoms with Crippen LogP contribution in [0.3, 0.4) is 0 Å². The van der Waals surface area contributed by atoms with Gasteiger partial charge in [-0.2, -0.15) is 0 Å². The minimum Gasteiger partial charge on any atom is -0.204 e. The van der Waals surface area contributed by atoms with Gasteiger partial charge in [0.15, 0.2) is 5.82 Å². The van der Waals surface area contributed by atoms with Crippen molar-refractivity contribution in [2.45, 2.75) is 11.8 Å². The summed E-state index contributed by atoms with van der Waals surface area (Å²) in [6.07, 6.45) is 0. The summed E-state index contributed by atoms with van der Waals surface area (Å²) in [7, 11) is 0. The third-order valence-electron chi connectivity index (χ3n) is 1.27. The van der Waals surface area contributed by atoms with Gasteiger partial charge >= 0.3 is 0 Å². The molecule has 0 spiro atoms. The van der Waals surface area contributed by atoms with Crippen LogP contribution < -0.4 is 0 Å². The third-order valence-corrected chi connectivity index (χ3v) is 2.11. The van der Waals surface area contributed by atoms with E-state index in [1.807, 2.05) is 0 Å². The molecule has 0 N–H and O–H groups in total. The number of hydrogen-bond donors (Lipinski definition) is 1. The highest BCUT2D eigenvalue weighted by Gasteiger charge is 2.04. The minimum absolute atomic E-state index is 0.121. The van der Waals surface area contributed by atoms with Crippen LogP contribution in [0.2, 0.25) is 5.02 Å². The van der Waals surface area contributed by atoms with Crippen LogP contribution in [0.4, 0.5) is 4.39 Å². The first-order valence-electron chi connectivity index (χ1n) is 2.76. The van der Waals surface area contributed by atoms with Crippen LogP contribution in [-0.2, 0) is 0 Å². The molecule has 0 unspecified atom stereocenters. The van der Waals surface area contributed by atoms with E-state index in [1.54, 1.807) is 13.0 Å². The van der Waals surface area contributed by atoms with Crippen molar-refractivity contribution < 1.29 is 4.39 Å². The van der Waals surface area contributed by atoms with E-state index in [1.165, 1.54) is 6.07 Å². The third kappa shape index (κ3) is 1.27. The number of rotatable bonds is 0. The van der Waals surface area contributed by atoms with E-state index in [9.17, 15) is 4.39 Å². The molecule has 1 aromatic rings. The molecule has 0 heterocycles. The van der Waals surface area contributed by atoms with Gasteiger partial charge in [-0.1, -0.05) is 17.7 Å². The molecule has 0 aromatic heterocycles. The largest absolute Gasteiger partial charge is 0.204 e. The van der Waals surface area contributed by atoms with Gasteiger partial charge in [-0.15, -0.1) is 12.6 Å². The Morgan fingerprint density at radius 2 is 2.10 bits per heavy atom. The Hall–Kier alpha value is -0.210. The summed E-state index contributed by atoms with van der Waals surface area (Å²) in [6.45, 7) is 1.78. The van der Waals surface area contributed by atoms with Crippen LogP contribution in [0.25, 0.3) is 0 Å². The minimum atomic E-state index is -0.440. The fourth-order valence-corrected chi connectivity index (χ4v) is 1.05. The molecular weight excluding hydrogens is 171 g/mol. The van der Waals surface area contributed by atoms with E-state index in [0.717, 1.165) is 5.56 Å². The van der Waals surface area contributed by atoms with E-state index < -0.39 is 5.82 Å². The van der Waals surface area contributed by atoms with Crippen LogP contribution in [0.1, 0.15) is 5.56 Å². The molecule has 0 radical (unpaired) electrons. The summed E-state index contributed by atoms with van der Waals surface area (Å²) in [5.74, 6) is -0.440. The lowest BCUT2D eigenvalue weighted by Gasteiger charge is -2.00. The Bertz CT molecular complexity index is 233. The molecule has 0 fully saturated rings. The molecule has 0 saturated carbocycles. The number of halogens is 2. The second-order valence-electron chi connectivity index (χ2n) is 2.03. The lowest BCUT2D eigenvalue weighted by atomic mass is 10.2. The van der Waals surface area contributed by atoms with Crippen molar-refractivity contribution in [3.8, 4) is 0 Å². The zero-order chi connectivity index (χ0) is 7.72. The monoisotopic (exact) mass is 176 g/mol. The number of aryl methyl sites for hydroxylation is 1. The molecule has 0 aliphatic rings. The van der Waals surface area contributed by atoms with Crippen molar-refractivity contribution in [1.82, 2.24) is 0 Å². The maximum Gasteiger partial charge on any atom is 0.155 e. The fraction of sp³-hybridized carbons (Fsp3) is 0.143. The Balaban J connectivity index is 3.34. The first-order valence-corrected chi connectivity index (χ1v) is 3.59. The predicted octanol–water partition coefficient (Wildman–Crippen LogP) is 3.08. The van der Waals surface area contributed by atoms with Crippen LogP contribution in [0, 0.1) is 12.7 Å². The van der Waals surface area contributed by atoms with Gasteiger partial charge in [0.1, 0.15) is 0 Å². The zero-order valence-corrected chi connectivity index (χ0v) is 7.01. The summed E-state index contributed by atoms with van der Waals surface area (Å²) < 4.78 is 12.8. The summed E-state index contributed by atoms with van der Waals surface area (Å²) in [5, 5.41) is 0.121. The van der Waals surface area contributed by atoms with Crippen molar-refractivity contribution >= 4 is 24.2 Å². The lowest BCUT2D eigenvalue weighted by molar-refractivity contribution is 0.600. The van der Waals surface area contributed by atoms with E-state index in [2.05, 4.69) is 12.6 Å². The predicted molar refractivity (Wildman–Crippen MR) is 43.4 cm³/mol. The average molecular weight is 177 g/mol. The molecule has 0 atom stereocenters. The molecule has 0 aliphatic carbocycles. The van der Waals surface area contributed by atoms with Crippen LogP contribution in [0.15, 0.2) is 17.0 Å². The Kier molecular flexibility index (Phi) is 2.21. The van der Waals surface area contributed by atoms with Crippen LogP contribution >= 0.6 is 24.2 Å². The SMILES string of the molecule is Cc1ccc(Cl)c(F)c1S. The van der Waals surface area contributed by atoms with Crippen molar-refractivity contribution in [3.63, 3.8) is 0 Å². The molecule has 1 rings (SSSR count). The Labute approximate surface area is 69.4 Å². The van der Waals surface area contributed by atoms with E-state index in [4.69, 9.17) is 11.6 Å². The maximum atomic E-state index is 12.8. The van der Waals surface area contributed by atoms with E-state index in [0.29, 0.717) is 4.90 Å². The number of hydrogen-bond acceptors (Lipinski definition) is 1. The van der Waals surface area contributed by atoms with Gasteiger partial charge < -0.3 is 0 Å². The highest BCUT2D eigenvalue weighted by Crippen LogP contribution is 2.23. The van der Waals surface area contributed by atoms with Gasteiger partial charge in [0, 0.05) is 4.90 Å². The first kappa shape index (κ1) is 7.89. The Morgan fingerprint density at radius 3 is 2.60 bits per heavy atom. The first-order chi connectivity index (χ1) is 4.63. The molecule has 1 aromatic carbocycles. The van der Waals surface area contributed by atoms with Gasteiger partial charge in [-0.25, -0.2) is 4.39 Å². The molecule has 0 saturated heterocycles. The summed E-state index contributed by atoms with van der Waals surface area (Å²) >= 11 is 9.38. The van der Waals surface area contributed by atoms with Gasteiger partial charge in [0.2, 0.25) is 0 Å². The quantitative estimate of drug-likeness (QED) is 0.577. The lowest BCUT2D eigenvalue weighted by Crippen LogP contribution is -1.83. The second-order valence-corrected chi connectivity index (χ2v) is 2.88. The van der Waals surface area contributed by atoms with Crippen molar-refractivity contribution in [3.05, 3.63) is 28.5 Å². The summed E-state index contributed by atoms with van der Waals surface area (Å²) in [6, 6.07) is 3.25. The van der Waals surface area contributed by atoms with Crippen molar-refractivity contribution in [2.24, 2.45) is 0 Å². The highest BCUT2D eigenvalue weighted by atomic mass is 35.5.